The number of thiazole rings is 1. The average molecular weight is 549 g/mol. The van der Waals surface area contributed by atoms with Gasteiger partial charge in [0, 0.05) is 37.4 Å². The molecule has 40 heavy (non-hydrogen) atoms. The summed E-state index contributed by atoms with van der Waals surface area (Å²) in [4.78, 5) is 39.9. The fourth-order valence-electron chi connectivity index (χ4n) is 5.33. The highest BCUT2D eigenvalue weighted by Crippen LogP contribution is 2.40. The van der Waals surface area contributed by atoms with E-state index in [1.54, 1.807) is 23.9 Å². The highest BCUT2D eigenvalue weighted by atomic mass is 32.1. The van der Waals surface area contributed by atoms with Crippen molar-refractivity contribution in [3.63, 3.8) is 0 Å². The number of H-pyrrole nitrogens is 1. The van der Waals surface area contributed by atoms with Crippen LogP contribution in [-0.4, -0.2) is 66.0 Å². The standard InChI is InChI=1S/C30H28N8OS/c1-19-9-11-21(12-10-19)29-35-26(27-33-22-6-3-4-7-23(22)34-27)30(40-29)36-14-15-38(20(2)16-36)25(39)17-37-18-32-24-8-5-13-31-28(24)37/h3-13,18,20H,14-17H2,1-2H3,(H,33,34). The van der Waals surface area contributed by atoms with E-state index in [0.29, 0.717) is 19.6 Å². The van der Waals surface area contributed by atoms with Gasteiger partial charge in [0.25, 0.3) is 0 Å². The van der Waals surface area contributed by atoms with E-state index in [0.717, 1.165) is 49.3 Å². The molecule has 1 amide bonds. The second kappa shape index (κ2) is 9.87. The highest BCUT2D eigenvalue weighted by Gasteiger charge is 2.31. The van der Waals surface area contributed by atoms with Crippen LogP contribution in [0.1, 0.15) is 12.5 Å². The summed E-state index contributed by atoms with van der Waals surface area (Å²) in [6.07, 6.45) is 3.42. The number of hydrogen-bond donors (Lipinski definition) is 1. The molecule has 1 atom stereocenters. The molecule has 7 rings (SSSR count). The van der Waals surface area contributed by atoms with Crippen LogP contribution in [0.3, 0.4) is 0 Å². The largest absolute Gasteiger partial charge is 0.358 e. The Morgan fingerprint density at radius 3 is 2.65 bits per heavy atom. The number of aryl methyl sites for hydroxylation is 1. The Labute approximate surface area is 235 Å². The maximum atomic E-state index is 13.4. The van der Waals surface area contributed by atoms with Gasteiger partial charge in [-0.25, -0.2) is 19.9 Å². The number of rotatable bonds is 5. The molecule has 4 aromatic heterocycles. The van der Waals surface area contributed by atoms with Crippen molar-refractivity contribution in [2.75, 3.05) is 24.5 Å². The summed E-state index contributed by atoms with van der Waals surface area (Å²) in [5, 5.41) is 2.02. The molecule has 0 saturated carbocycles. The quantitative estimate of drug-likeness (QED) is 0.320. The summed E-state index contributed by atoms with van der Waals surface area (Å²) in [6, 6.07) is 20.3. The summed E-state index contributed by atoms with van der Waals surface area (Å²) in [7, 11) is 0. The number of hydrogen-bond acceptors (Lipinski definition) is 7. The van der Waals surface area contributed by atoms with Gasteiger partial charge >= 0.3 is 0 Å². The van der Waals surface area contributed by atoms with E-state index in [4.69, 9.17) is 9.97 Å². The Kier molecular flexibility index (Phi) is 6.04. The molecular weight excluding hydrogens is 520 g/mol. The molecule has 0 bridgehead atoms. The molecule has 10 heteroatoms. The Balaban J connectivity index is 1.17. The first-order chi connectivity index (χ1) is 19.5. The number of imidazole rings is 2. The lowest BCUT2D eigenvalue weighted by molar-refractivity contribution is -0.134. The van der Waals surface area contributed by atoms with Gasteiger partial charge in [-0.05, 0) is 38.1 Å². The van der Waals surface area contributed by atoms with Crippen molar-refractivity contribution >= 4 is 44.4 Å². The summed E-state index contributed by atoms with van der Waals surface area (Å²) in [6.45, 7) is 6.46. The summed E-state index contributed by atoms with van der Waals surface area (Å²) < 4.78 is 1.83. The monoisotopic (exact) mass is 548 g/mol. The third kappa shape index (κ3) is 4.40. The molecule has 1 saturated heterocycles. The second-order valence-electron chi connectivity index (χ2n) is 10.2. The maximum absolute atomic E-state index is 13.4. The first-order valence-corrected chi connectivity index (χ1v) is 14.2. The number of para-hydroxylation sites is 2. The minimum atomic E-state index is 0.0254. The molecule has 1 aliphatic rings. The van der Waals surface area contributed by atoms with Crippen molar-refractivity contribution in [1.82, 2.24) is 34.4 Å². The van der Waals surface area contributed by atoms with Crippen LogP contribution in [0.15, 0.2) is 73.2 Å². The number of anilines is 1. The van der Waals surface area contributed by atoms with Crippen molar-refractivity contribution in [2.24, 2.45) is 0 Å². The number of nitrogens with zero attached hydrogens (tertiary/aromatic N) is 7. The van der Waals surface area contributed by atoms with Crippen LogP contribution in [0.5, 0.6) is 0 Å². The third-order valence-corrected chi connectivity index (χ3v) is 8.60. The minimum Gasteiger partial charge on any atom is -0.358 e. The van der Waals surface area contributed by atoms with Crippen LogP contribution in [-0.2, 0) is 11.3 Å². The molecule has 0 aliphatic carbocycles. The average Bonchev–Trinajstić information content (AvgIpc) is 3.70. The zero-order valence-corrected chi connectivity index (χ0v) is 23.1. The number of piperazine rings is 1. The van der Waals surface area contributed by atoms with E-state index in [-0.39, 0.29) is 18.5 Å². The van der Waals surface area contributed by atoms with Gasteiger partial charge in [-0.2, -0.15) is 0 Å². The number of amides is 1. The van der Waals surface area contributed by atoms with E-state index < -0.39 is 0 Å². The molecule has 6 aromatic rings. The molecule has 0 radical (unpaired) electrons. The number of aromatic nitrogens is 6. The number of carbonyl (C=O) groups excluding carboxylic acids is 1. The van der Waals surface area contributed by atoms with Crippen LogP contribution in [0.2, 0.25) is 0 Å². The molecule has 1 fully saturated rings. The Morgan fingerprint density at radius 1 is 1.00 bits per heavy atom. The third-order valence-electron chi connectivity index (χ3n) is 7.44. The van der Waals surface area contributed by atoms with Gasteiger partial charge in [0.05, 0.1) is 17.4 Å². The summed E-state index contributed by atoms with van der Waals surface area (Å²) in [5.41, 5.74) is 6.57. The van der Waals surface area contributed by atoms with E-state index in [2.05, 4.69) is 58.0 Å². The van der Waals surface area contributed by atoms with Crippen molar-refractivity contribution in [1.29, 1.82) is 0 Å². The van der Waals surface area contributed by atoms with E-state index in [9.17, 15) is 4.79 Å². The van der Waals surface area contributed by atoms with Crippen molar-refractivity contribution < 1.29 is 4.79 Å². The highest BCUT2D eigenvalue weighted by molar-refractivity contribution is 7.19. The lowest BCUT2D eigenvalue weighted by atomic mass is 10.1. The molecule has 1 unspecified atom stereocenters. The lowest BCUT2D eigenvalue weighted by Gasteiger charge is -2.40. The summed E-state index contributed by atoms with van der Waals surface area (Å²) >= 11 is 1.68. The molecule has 5 heterocycles. The first-order valence-electron chi connectivity index (χ1n) is 13.4. The number of benzene rings is 2. The lowest BCUT2D eigenvalue weighted by Crippen LogP contribution is -2.54. The Morgan fingerprint density at radius 2 is 1.82 bits per heavy atom. The SMILES string of the molecule is Cc1ccc(-c2nc(-c3nc4ccccc4[nH]3)c(N3CCN(C(=O)Cn4cnc5cccnc54)C(C)C3)s2)cc1. The molecule has 1 aliphatic heterocycles. The van der Waals surface area contributed by atoms with Gasteiger partial charge in [-0.3, -0.25) is 4.79 Å². The fourth-order valence-corrected chi connectivity index (χ4v) is 6.44. The zero-order valence-electron chi connectivity index (χ0n) is 22.3. The van der Waals surface area contributed by atoms with E-state index >= 15 is 0 Å². The van der Waals surface area contributed by atoms with Crippen LogP contribution in [0.25, 0.3) is 44.3 Å². The predicted octanol–water partition coefficient (Wildman–Crippen LogP) is 5.14. The first kappa shape index (κ1) is 24.5. The molecule has 2 aromatic carbocycles. The van der Waals surface area contributed by atoms with Gasteiger partial charge in [-0.15, -0.1) is 0 Å². The van der Waals surface area contributed by atoms with Gasteiger partial charge in [0.1, 0.15) is 27.8 Å². The molecular formula is C30H28N8OS. The predicted molar refractivity (Wildman–Crippen MR) is 158 cm³/mol. The van der Waals surface area contributed by atoms with Crippen molar-refractivity contribution in [3.8, 4) is 22.1 Å². The smallest absolute Gasteiger partial charge is 0.242 e. The van der Waals surface area contributed by atoms with Gasteiger partial charge < -0.3 is 19.4 Å². The Bertz CT molecular complexity index is 1800. The molecule has 0 spiro atoms. The van der Waals surface area contributed by atoms with Gasteiger partial charge in [-0.1, -0.05) is 53.3 Å². The maximum Gasteiger partial charge on any atom is 0.242 e. The molecule has 1 N–H and O–H groups in total. The van der Waals surface area contributed by atoms with Crippen molar-refractivity contribution in [3.05, 3.63) is 78.8 Å². The van der Waals surface area contributed by atoms with Crippen LogP contribution < -0.4 is 4.90 Å². The van der Waals surface area contributed by atoms with Crippen LogP contribution >= 0.6 is 11.3 Å². The molecule has 9 nitrogen and oxygen atoms in total. The van der Waals surface area contributed by atoms with E-state index in [1.165, 1.54) is 5.56 Å². The van der Waals surface area contributed by atoms with Gasteiger partial charge in [0.15, 0.2) is 11.5 Å². The van der Waals surface area contributed by atoms with Crippen molar-refractivity contribution in [2.45, 2.75) is 26.4 Å². The number of fused-ring (bicyclic) bond motifs is 2. The normalized spacial score (nSPS) is 15.8. The van der Waals surface area contributed by atoms with Crippen LogP contribution in [0, 0.1) is 6.92 Å². The zero-order chi connectivity index (χ0) is 27.2. The Hall–Kier alpha value is -4.57. The van der Waals surface area contributed by atoms with E-state index in [1.807, 2.05) is 45.9 Å². The fraction of sp³-hybridized carbons (Fsp3) is 0.233. The van der Waals surface area contributed by atoms with Crippen LogP contribution in [0.4, 0.5) is 5.00 Å². The number of aromatic amines is 1. The second-order valence-corrected chi connectivity index (χ2v) is 11.2. The molecule has 200 valence electrons. The minimum absolute atomic E-state index is 0.0254. The number of pyridine rings is 1. The van der Waals surface area contributed by atoms with Gasteiger partial charge in [0.2, 0.25) is 5.91 Å². The topological polar surface area (TPSA) is 95.8 Å². The number of nitrogens with one attached hydrogen (secondary N) is 1. The summed E-state index contributed by atoms with van der Waals surface area (Å²) in [5.74, 6) is 0.829. The number of carbonyl (C=O) groups is 1.